The summed E-state index contributed by atoms with van der Waals surface area (Å²) in [7, 11) is 0. The lowest BCUT2D eigenvalue weighted by molar-refractivity contribution is -0.118. The Kier molecular flexibility index (Phi) is 5.31. The van der Waals surface area contributed by atoms with Gasteiger partial charge in [-0.15, -0.1) is 0 Å². The molecule has 1 amide bonds. The molecule has 24 heavy (non-hydrogen) atoms. The highest BCUT2D eigenvalue weighted by Gasteiger charge is 2.25. The van der Waals surface area contributed by atoms with Gasteiger partial charge in [-0.3, -0.25) is 9.69 Å². The van der Waals surface area contributed by atoms with E-state index in [1.54, 1.807) is 0 Å². The zero-order valence-corrected chi connectivity index (χ0v) is 14.7. The summed E-state index contributed by atoms with van der Waals surface area (Å²) >= 11 is 0. The summed E-state index contributed by atoms with van der Waals surface area (Å²) in [6.07, 6.45) is 2.50. The van der Waals surface area contributed by atoms with Crippen LogP contribution in [0.15, 0.2) is 48.5 Å². The number of nitrogens with zero attached hydrogens (tertiary/aromatic N) is 2. The number of benzene rings is 2. The minimum atomic E-state index is 0.184. The topological polar surface area (TPSA) is 23.6 Å². The van der Waals surface area contributed by atoms with Gasteiger partial charge in [-0.1, -0.05) is 50.2 Å². The van der Waals surface area contributed by atoms with Crippen molar-refractivity contribution in [2.75, 3.05) is 24.5 Å². The van der Waals surface area contributed by atoms with Crippen LogP contribution in [-0.2, 0) is 17.6 Å². The number of hydrogen-bond donors (Lipinski definition) is 0. The van der Waals surface area contributed by atoms with Crippen LogP contribution in [0.5, 0.6) is 0 Å². The van der Waals surface area contributed by atoms with E-state index in [2.05, 4.69) is 55.1 Å². The Balaban J connectivity index is 1.94. The summed E-state index contributed by atoms with van der Waals surface area (Å²) in [4.78, 5) is 17.4. The third kappa shape index (κ3) is 3.36. The quantitative estimate of drug-likeness (QED) is 0.824. The van der Waals surface area contributed by atoms with Gasteiger partial charge < -0.3 is 4.90 Å². The molecule has 0 aliphatic carbocycles. The fraction of sp³-hybridized carbons (Fsp3) is 0.381. The number of rotatable bonds is 5. The zero-order valence-electron chi connectivity index (χ0n) is 14.7. The highest BCUT2D eigenvalue weighted by Crippen LogP contribution is 2.36. The molecule has 3 heteroatoms. The van der Waals surface area contributed by atoms with Gasteiger partial charge in [0.25, 0.3) is 0 Å². The SMILES string of the molecule is CCN(CC)CCC(=O)N1c2ccccc2CCc2ccccc21. The Morgan fingerprint density at radius 3 is 1.92 bits per heavy atom. The molecule has 0 spiro atoms. The van der Waals surface area contributed by atoms with Crippen molar-refractivity contribution < 1.29 is 4.79 Å². The molecule has 3 nitrogen and oxygen atoms in total. The lowest BCUT2D eigenvalue weighted by Crippen LogP contribution is -2.32. The normalized spacial score (nSPS) is 13.4. The maximum absolute atomic E-state index is 13.1. The van der Waals surface area contributed by atoms with Crippen LogP contribution in [0.3, 0.4) is 0 Å². The summed E-state index contributed by atoms with van der Waals surface area (Å²) in [5.74, 6) is 0.184. The van der Waals surface area contributed by atoms with Crippen molar-refractivity contribution in [1.29, 1.82) is 0 Å². The minimum Gasteiger partial charge on any atom is -0.303 e. The van der Waals surface area contributed by atoms with E-state index in [9.17, 15) is 4.79 Å². The number of fused-ring (bicyclic) bond motifs is 2. The number of carbonyl (C=O) groups is 1. The van der Waals surface area contributed by atoms with E-state index in [-0.39, 0.29) is 5.91 Å². The van der Waals surface area contributed by atoms with E-state index in [4.69, 9.17) is 0 Å². The molecule has 0 atom stereocenters. The van der Waals surface area contributed by atoms with Crippen LogP contribution >= 0.6 is 0 Å². The van der Waals surface area contributed by atoms with Crippen molar-refractivity contribution in [1.82, 2.24) is 4.90 Å². The van der Waals surface area contributed by atoms with E-state index in [1.165, 1.54) is 11.1 Å². The van der Waals surface area contributed by atoms with Crippen molar-refractivity contribution in [3.8, 4) is 0 Å². The van der Waals surface area contributed by atoms with Gasteiger partial charge in [-0.05, 0) is 49.2 Å². The van der Waals surface area contributed by atoms with Gasteiger partial charge in [0, 0.05) is 13.0 Å². The molecule has 0 aromatic heterocycles. The second-order valence-electron chi connectivity index (χ2n) is 6.26. The van der Waals surface area contributed by atoms with Crippen LogP contribution < -0.4 is 4.90 Å². The first-order valence-electron chi connectivity index (χ1n) is 8.95. The highest BCUT2D eigenvalue weighted by molar-refractivity contribution is 6.02. The largest absolute Gasteiger partial charge is 0.303 e. The van der Waals surface area contributed by atoms with Crippen molar-refractivity contribution in [2.24, 2.45) is 0 Å². The molecule has 2 aromatic rings. The third-order valence-electron chi connectivity index (χ3n) is 4.91. The second-order valence-corrected chi connectivity index (χ2v) is 6.26. The number of aryl methyl sites for hydroxylation is 2. The summed E-state index contributed by atoms with van der Waals surface area (Å²) in [5, 5.41) is 0. The predicted octanol–water partition coefficient (Wildman–Crippen LogP) is 4.18. The van der Waals surface area contributed by atoms with Gasteiger partial charge in [0.2, 0.25) is 5.91 Å². The molecule has 0 N–H and O–H groups in total. The molecule has 1 heterocycles. The molecular weight excluding hydrogens is 296 g/mol. The Morgan fingerprint density at radius 2 is 1.42 bits per heavy atom. The van der Waals surface area contributed by atoms with Gasteiger partial charge in [0.05, 0.1) is 11.4 Å². The Labute approximate surface area is 144 Å². The maximum atomic E-state index is 13.1. The average molecular weight is 322 g/mol. The first kappa shape index (κ1) is 16.7. The van der Waals surface area contributed by atoms with Crippen LogP contribution in [-0.4, -0.2) is 30.4 Å². The van der Waals surface area contributed by atoms with E-state index in [0.29, 0.717) is 6.42 Å². The van der Waals surface area contributed by atoms with Crippen LogP contribution in [0.25, 0.3) is 0 Å². The Morgan fingerprint density at radius 1 is 0.917 bits per heavy atom. The van der Waals surface area contributed by atoms with Crippen molar-refractivity contribution >= 4 is 17.3 Å². The van der Waals surface area contributed by atoms with Crippen molar-refractivity contribution in [3.63, 3.8) is 0 Å². The zero-order chi connectivity index (χ0) is 16.9. The van der Waals surface area contributed by atoms with Crippen molar-refractivity contribution in [3.05, 3.63) is 59.7 Å². The van der Waals surface area contributed by atoms with Crippen LogP contribution in [0.2, 0.25) is 0 Å². The van der Waals surface area contributed by atoms with E-state index >= 15 is 0 Å². The van der Waals surface area contributed by atoms with Crippen LogP contribution in [0, 0.1) is 0 Å². The van der Waals surface area contributed by atoms with Crippen LogP contribution in [0.4, 0.5) is 11.4 Å². The molecule has 0 unspecified atom stereocenters. The summed E-state index contributed by atoms with van der Waals surface area (Å²) in [5.41, 5.74) is 4.61. The Bertz CT molecular complexity index is 659. The van der Waals surface area contributed by atoms with Gasteiger partial charge in [0.1, 0.15) is 0 Å². The lowest BCUT2D eigenvalue weighted by atomic mass is 10.0. The molecule has 3 rings (SSSR count). The van der Waals surface area contributed by atoms with Gasteiger partial charge >= 0.3 is 0 Å². The van der Waals surface area contributed by atoms with E-state index in [1.807, 2.05) is 17.0 Å². The minimum absolute atomic E-state index is 0.184. The second kappa shape index (κ2) is 7.63. The molecule has 126 valence electrons. The molecule has 0 bridgehead atoms. The first-order valence-corrected chi connectivity index (χ1v) is 8.95. The Hall–Kier alpha value is -2.13. The first-order chi connectivity index (χ1) is 11.7. The molecule has 1 aliphatic heterocycles. The summed E-state index contributed by atoms with van der Waals surface area (Å²) in [6, 6.07) is 16.6. The van der Waals surface area contributed by atoms with E-state index < -0.39 is 0 Å². The van der Waals surface area contributed by atoms with Crippen LogP contribution in [0.1, 0.15) is 31.4 Å². The number of hydrogen-bond acceptors (Lipinski definition) is 2. The number of anilines is 2. The van der Waals surface area contributed by atoms with Crippen molar-refractivity contribution in [2.45, 2.75) is 33.1 Å². The standard InChI is InChI=1S/C21H26N2O/c1-3-22(4-2)16-15-21(24)23-19-11-7-5-9-17(19)13-14-18-10-6-8-12-20(18)23/h5-12H,3-4,13-16H2,1-2H3. The molecule has 2 aromatic carbocycles. The smallest absolute Gasteiger partial charge is 0.232 e. The van der Waals surface area contributed by atoms with Gasteiger partial charge in [-0.2, -0.15) is 0 Å². The fourth-order valence-corrected chi connectivity index (χ4v) is 3.45. The third-order valence-corrected chi connectivity index (χ3v) is 4.91. The molecule has 0 radical (unpaired) electrons. The number of amides is 1. The van der Waals surface area contributed by atoms with Gasteiger partial charge in [-0.25, -0.2) is 0 Å². The highest BCUT2D eigenvalue weighted by atomic mass is 16.2. The molecule has 0 saturated heterocycles. The molecular formula is C21H26N2O. The maximum Gasteiger partial charge on any atom is 0.232 e. The summed E-state index contributed by atoms with van der Waals surface area (Å²) in [6.45, 7) is 7.07. The molecule has 0 saturated carbocycles. The number of carbonyl (C=O) groups excluding carboxylic acids is 1. The molecule has 1 aliphatic rings. The lowest BCUT2D eigenvalue weighted by Gasteiger charge is -2.26. The van der Waals surface area contributed by atoms with E-state index in [0.717, 1.165) is 43.9 Å². The predicted molar refractivity (Wildman–Crippen MR) is 99.8 cm³/mol. The monoisotopic (exact) mass is 322 g/mol. The average Bonchev–Trinajstić information content (AvgIpc) is 2.79. The number of para-hydroxylation sites is 2. The fourth-order valence-electron chi connectivity index (χ4n) is 3.45. The molecule has 0 fully saturated rings. The van der Waals surface area contributed by atoms with Gasteiger partial charge in [0.15, 0.2) is 0 Å². The summed E-state index contributed by atoms with van der Waals surface area (Å²) < 4.78 is 0.